The van der Waals surface area contributed by atoms with Crippen LogP contribution in [0, 0.1) is 0 Å². The summed E-state index contributed by atoms with van der Waals surface area (Å²) >= 11 is 0. The van der Waals surface area contributed by atoms with Crippen LogP contribution < -0.4 is 0 Å². The monoisotopic (exact) mass is 259 g/mol. The highest BCUT2D eigenvalue weighted by molar-refractivity contribution is 5.89. The van der Waals surface area contributed by atoms with Crippen molar-refractivity contribution in [2.24, 2.45) is 0 Å². The first-order chi connectivity index (χ1) is 9.15. The average Bonchev–Trinajstić information content (AvgIpc) is 2.84. The second kappa shape index (κ2) is 4.47. The van der Waals surface area contributed by atoms with Gasteiger partial charge in [-0.3, -0.25) is 0 Å². The molecule has 98 valence electrons. The number of carbonyl (C=O) groups is 1. The van der Waals surface area contributed by atoms with Gasteiger partial charge in [0.2, 0.25) is 0 Å². The molecule has 1 aliphatic rings. The first-order valence-corrected chi connectivity index (χ1v) is 6.12. The van der Waals surface area contributed by atoms with Gasteiger partial charge in [0.25, 0.3) is 0 Å². The molecule has 0 radical (unpaired) electrons. The molecular weight excluding hydrogens is 246 g/mol. The molecule has 2 aromatic rings. The first-order valence-electron chi connectivity index (χ1n) is 6.12. The summed E-state index contributed by atoms with van der Waals surface area (Å²) < 4.78 is 1.52. The largest absolute Gasteiger partial charge is 0.478 e. The van der Waals surface area contributed by atoms with E-state index in [0.717, 1.165) is 18.7 Å². The average molecular weight is 259 g/mol. The molecule has 6 heteroatoms. The smallest absolute Gasteiger partial charge is 0.335 e. The Labute approximate surface area is 109 Å². The number of aliphatic hydroxyl groups excluding tert-OH is 1. The lowest BCUT2D eigenvalue weighted by molar-refractivity contribution is 0.0647. The first kappa shape index (κ1) is 11.9. The summed E-state index contributed by atoms with van der Waals surface area (Å²) in [6.45, 7) is 0. The maximum atomic E-state index is 10.9. The molecule has 0 spiro atoms. The molecule has 1 aromatic heterocycles. The molecule has 1 unspecified atom stereocenters. The molecule has 6 nitrogen and oxygen atoms in total. The Hall–Kier alpha value is -2.21. The van der Waals surface area contributed by atoms with Crippen molar-refractivity contribution in [3.05, 3.63) is 35.7 Å². The number of fused-ring (bicyclic) bond motifs is 1. The Kier molecular flexibility index (Phi) is 2.79. The van der Waals surface area contributed by atoms with Crippen molar-refractivity contribution in [3.8, 4) is 11.4 Å². The van der Waals surface area contributed by atoms with Gasteiger partial charge in [-0.2, -0.15) is 0 Å². The summed E-state index contributed by atoms with van der Waals surface area (Å²) in [6, 6.07) is 6.49. The van der Waals surface area contributed by atoms with Crippen molar-refractivity contribution in [2.45, 2.75) is 25.5 Å². The topological polar surface area (TPSA) is 88.2 Å². The molecule has 0 amide bonds. The van der Waals surface area contributed by atoms with Crippen molar-refractivity contribution in [3.63, 3.8) is 0 Å². The third kappa shape index (κ3) is 2.10. The molecule has 1 aromatic carbocycles. The summed E-state index contributed by atoms with van der Waals surface area (Å²) in [5, 5.41) is 23.1. The lowest BCUT2D eigenvalue weighted by Crippen LogP contribution is -2.18. The Balaban J connectivity index is 2.03. The number of carboxylic acids is 1. The van der Waals surface area contributed by atoms with Gasteiger partial charge in [0.05, 0.1) is 5.56 Å². The van der Waals surface area contributed by atoms with Gasteiger partial charge >= 0.3 is 5.97 Å². The zero-order valence-electron chi connectivity index (χ0n) is 10.2. The number of aromatic nitrogens is 3. The predicted octanol–water partition coefficient (Wildman–Crippen LogP) is 1.47. The summed E-state index contributed by atoms with van der Waals surface area (Å²) in [5.74, 6) is 0.222. The van der Waals surface area contributed by atoms with Crippen molar-refractivity contribution < 1.29 is 15.0 Å². The van der Waals surface area contributed by atoms with E-state index >= 15 is 0 Å². The van der Waals surface area contributed by atoms with Crippen LogP contribution in [0.3, 0.4) is 0 Å². The third-order valence-corrected chi connectivity index (χ3v) is 3.21. The fraction of sp³-hybridized carbons (Fsp3) is 0.308. The molecule has 0 aliphatic carbocycles. The van der Waals surface area contributed by atoms with Gasteiger partial charge in [0.15, 0.2) is 5.82 Å². The highest BCUT2D eigenvalue weighted by Crippen LogP contribution is 2.24. The second-order valence-electron chi connectivity index (χ2n) is 4.56. The number of hydrogen-bond acceptors (Lipinski definition) is 4. The van der Waals surface area contributed by atoms with E-state index in [1.807, 2.05) is 0 Å². The summed E-state index contributed by atoms with van der Waals surface area (Å²) in [4.78, 5) is 15.3. The van der Waals surface area contributed by atoms with E-state index in [1.165, 1.54) is 16.8 Å². The normalized spacial score (nSPS) is 18.1. The van der Waals surface area contributed by atoms with Crippen LogP contribution in [0.15, 0.2) is 24.3 Å². The number of aryl methyl sites for hydroxylation is 1. The van der Waals surface area contributed by atoms with E-state index in [9.17, 15) is 9.90 Å². The van der Waals surface area contributed by atoms with E-state index in [2.05, 4.69) is 10.1 Å². The van der Waals surface area contributed by atoms with E-state index in [0.29, 0.717) is 17.8 Å². The fourth-order valence-corrected chi connectivity index (χ4v) is 2.24. The molecule has 0 fully saturated rings. The van der Waals surface area contributed by atoms with Crippen molar-refractivity contribution in [2.75, 3.05) is 0 Å². The van der Waals surface area contributed by atoms with E-state index < -0.39 is 12.2 Å². The zero-order valence-corrected chi connectivity index (χ0v) is 10.2. The maximum Gasteiger partial charge on any atom is 0.335 e. The fourth-order valence-electron chi connectivity index (χ4n) is 2.24. The van der Waals surface area contributed by atoms with Gasteiger partial charge in [-0.15, -0.1) is 5.10 Å². The highest BCUT2D eigenvalue weighted by Gasteiger charge is 2.21. The van der Waals surface area contributed by atoms with Gasteiger partial charge in [0.1, 0.15) is 12.1 Å². The SMILES string of the molecule is O=C(O)c1cccc(-c2nc3n(n2)C(O)CCC3)c1. The van der Waals surface area contributed by atoms with Crippen LogP contribution in [-0.4, -0.2) is 30.9 Å². The van der Waals surface area contributed by atoms with Crippen LogP contribution in [0.1, 0.15) is 35.3 Å². The molecule has 3 rings (SSSR count). The van der Waals surface area contributed by atoms with Gasteiger partial charge < -0.3 is 10.2 Å². The molecular formula is C13H13N3O3. The molecule has 19 heavy (non-hydrogen) atoms. The van der Waals surface area contributed by atoms with Gasteiger partial charge in [-0.05, 0) is 25.0 Å². The van der Waals surface area contributed by atoms with Crippen LogP contribution in [0.5, 0.6) is 0 Å². The minimum absolute atomic E-state index is 0.200. The molecule has 1 aliphatic heterocycles. The number of benzene rings is 1. The zero-order chi connectivity index (χ0) is 13.4. The maximum absolute atomic E-state index is 10.9. The van der Waals surface area contributed by atoms with Crippen molar-refractivity contribution >= 4 is 5.97 Å². The van der Waals surface area contributed by atoms with Crippen LogP contribution in [0.25, 0.3) is 11.4 Å². The van der Waals surface area contributed by atoms with Gasteiger partial charge in [-0.25, -0.2) is 14.5 Å². The number of aliphatic hydroxyl groups is 1. The standard InChI is InChI=1S/C13H13N3O3/c17-11-6-2-5-10-14-12(15-16(10)11)8-3-1-4-9(7-8)13(18)19/h1,3-4,7,11,17H,2,5-6H2,(H,18,19). The summed E-state index contributed by atoms with van der Waals surface area (Å²) in [6.07, 6.45) is 1.70. The van der Waals surface area contributed by atoms with Gasteiger partial charge in [-0.1, -0.05) is 12.1 Å². The molecule has 0 saturated carbocycles. The highest BCUT2D eigenvalue weighted by atomic mass is 16.4. The quantitative estimate of drug-likeness (QED) is 0.852. The summed E-state index contributed by atoms with van der Waals surface area (Å²) in [7, 11) is 0. The van der Waals surface area contributed by atoms with Crippen molar-refractivity contribution in [1.82, 2.24) is 14.8 Å². The molecule has 0 bridgehead atoms. The minimum atomic E-state index is -0.981. The predicted molar refractivity (Wildman–Crippen MR) is 66.6 cm³/mol. The Bertz CT molecular complexity index is 636. The van der Waals surface area contributed by atoms with E-state index in [1.54, 1.807) is 12.1 Å². The molecule has 0 saturated heterocycles. The van der Waals surface area contributed by atoms with E-state index in [4.69, 9.17) is 5.11 Å². The molecule has 1 atom stereocenters. The number of carboxylic acid groups (broad SMARTS) is 1. The van der Waals surface area contributed by atoms with Crippen LogP contribution in [-0.2, 0) is 6.42 Å². The van der Waals surface area contributed by atoms with Crippen LogP contribution >= 0.6 is 0 Å². The Morgan fingerprint density at radius 1 is 1.42 bits per heavy atom. The lowest BCUT2D eigenvalue weighted by Gasteiger charge is -2.17. The minimum Gasteiger partial charge on any atom is -0.478 e. The van der Waals surface area contributed by atoms with Gasteiger partial charge in [0, 0.05) is 12.0 Å². The van der Waals surface area contributed by atoms with Crippen LogP contribution in [0.2, 0.25) is 0 Å². The van der Waals surface area contributed by atoms with Crippen LogP contribution in [0.4, 0.5) is 0 Å². The van der Waals surface area contributed by atoms with E-state index in [-0.39, 0.29) is 5.56 Å². The van der Waals surface area contributed by atoms with Crippen molar-refractivity contribution in [1.29, 1.82) is 0 Å². The molecule has 2 heterocycles. The number of aromatic carboxylic acids is 1. The third-order valence-electron chi connectivity index (χ3n) is 3.21. The number of hydrogen-bond donors (Lipinski definition) is 2. The number of rotatable bonds is 2. The molecule has 2 N–H and O–H groups in total. The lowest BCUT2D eigenvalue weighted by atomic mass is 10.1. The second-order valence-corrected chi connectivity index (χ2v) is 4.56. The Morgan fingerprint density at radius 2 is 2.26 bits per heavy atom. The summed E-state index contributed by atoms with van der Waals surface area (Å²) in [5.41, 5.74) is 0.847. The Morgan fingerprint density at radius 3 is 3.00 bits per heavy atom. The number of nitrogens with zero attached hydrogens (tertiary/aromatic N) is 3.